The van der Waals surface area contributed by atoms with Crippen LogP contribution in [-0.4, -0.2) is 53.2 Å². The standard InChI is InChI=1S/C26H31N5O2/c1-18-7-11-31(12-8-18)10-3-13-33-25-16-23-21(15-24(25)32-2)26(29-17-28-23)30-20-5-4-19-6-9-27-22(19)14-20/h4-6,9,14-18,27H,3,7-8,10-13H2,1-2H3,(H,28,29,30). The number of H-pyrrole nitrogens is 1. The minimum absolute atomic E-state index is 0.653. The third kappa shape index (κ3) is 4.88. The summed E-state index contributed by atoms with van der Waals surface area (Å²) in [6, 6.07) is 12.1. The summed E-state index contributed by atoms with van der Waals surface area (Å²) in [5, 5.41) is 5.48. The minimum Gasteiger partial charge on any atom is -0.493 e. The number of fused-ring (bicyclic) bond motifs is 2. The second-order valence-electron chi connectivity index (χ2n) is 8.87. The highest BCUT2D eigenvalue weighted by atomic mass is 16.5. The van der Waals surface area contributed by atoms with Crippen molar-refractivity contribution in [2.75, 3.05) is 38.7 Å². The lowest BCUT2D eigenvalue weighted by Crippen LogP contribution is -2.34. The molecule has 33 heavy (non-hydrogen) atoms. The molecule has 7 heteroatoms. The number of methoxy groups -OCH3 is 1. The van der Waals surface area contributed by atoms with E-state index in [1.165, 1.54) is 31.3 Å². The summed E-state index contributed by atoms with van der Waals surface area (Å²) in [4.78, 5) is 14.7. The molecule has 172 valence electrons. The van der Waals surface area contributed by atoms with Crippen LogP contribution in [0.3, 0.4) is 0 Å². The maximum absolute atomic E-state index is 6.11. The van der Waals surface area contributed by atoms with Gasteiger partial charge in [0.25, 0.3) is 0 Å². The number of ether oxygens (including phenoxy) is 2. The van der Waals surface area contributed by atoms with E-state index in [0.29, 0.717) is 12.4 Å². The molecule has 0 spiro atoms. The second-order valence-corrected chi connectivity index (χ2v) is 8.87. The molecule has 0 radical (unpaired) electrons. The van der Waals surface area contributed by atoms with Crippen molar-refractivity contribution in [1.82, 2.24) is 19.9 Å². The number of rotatable bonds is 8. The molecule has 1 aliphatic heterocycles. The SMILES string of the molecule is COc1cc2c(Nc3ccc4cc[nH]c4c3)ncnc2cc1OCCCN1CCC(C)CC1. The molecule has 0 aliphatic carbocycles. The lowest BCUT2D eigenvalue weighted by atomic mass is 9.99. The highest BCUT2D eigenvalue weighted by molar-refractivity contribution is 5.94. The number of benzene rings is 2. The molecule has 1 saturated heterocycles. The van der Waals surface area contributed by atoms with Crippen LogP contribution in [0.25, 0.3) is 21.8 Å². The summed E-state index contributed by atoms with van der Waals surface area (Å²) >= 11 is 0. The van der Waals surface area contributed by atoms with E-state index in [0.717, 1.165) is 52.6 Å². The highest BCUT2D eigenvalue weighted by Crippen LogP contribution is 2.35. The Balaban J connectivity index is 1.29. The summed E-state index contributed by atoms with van der Waals surface area (Å²) in [6.45, 7) is 6.47. The molecule has 1 fully saturated rings. The number of nitrogens with one attached hydrogen (secondary N) is 2. The van der Waals surface area contributed by atoms with Crippen molar-refractivity contribution < 1.29 is 9.47 Å². The normalized spacial score (nSPS) is 15.2. The Morgan fingerprint density at radius 3 is 2.82 bits per heavy atom. The molecule has 5 rings (SSSR count). The third-order valence-corrected chi connectivity index (χ3v) is 6.49. The lowest BCUT2D eigenvalue weighted by molar-refractivity contribution is 0.176. The fourth-order valence-corrected chi connectivity index (χ4v) is 4.45. The Morgan fingerprint density at radius 1 is 1.09 bits per heavy atom. The van der Waals surface area contributed by atoms with Crippen molar-refractivity contribution in [1.29, 1.82) is 0 Å². The van der Waals surface area contributed by atoms with E-state index in [9.17, 15) is 0 Å². The predicted octanol–water partition coefficient (Wildman–Crippen LogP) is 5.36. The van der Waals surface area contributed by atoms with E-state index >= 15 is 0 Å². The molecule has 0 saturated carbocycles. The molecule has 0 unspecified atom stereocenters. The summed E-state index contributed by atoms with van der Waals surface area (Å²) < 4.78 is 11.8. The number of aromatic amines is 1. The number of piperidine rings is 1. The number of nitrogens with zero attached hydrogens (tertiary/aromatic N) is 3. The van der Waals surface area contributed by atoms with Crippen molar-refractivity contribution in [3.63, 3.8) is 0 Å². The van der Waals surface area contributed by atoms with Crippen molar-refractivity contribution in [3.05, 3.63) is 48.9 Å². The van der Waals surface area contributed by atoms with Gasteiger partial charge in [-0.25, -0.2) is 9.97 Å². The van der Waals surface area contributed by atoms with Crippen molar-refractivity contribution in [2.24, 2.45) is 5.92 Å². The van der Waals surface area contributed by atoms with Gasteiger partial charge in [-0.15, -0.1) is 0 Å². The third-order valence-electron chi connectivity index (χ3n) is 6.49. The Morgan fingerprint density at radius 2 is 1.97 bits per heavy atom. The molecule has 0 bridgehead atoms. The van der Waals surface area contributed by atoms with Gasteiger partial charge in [-0.1, -0.05) is 13.0 Å². The first kappa shape index (κ1) is 21.5. The zero-order valence-corrected chi connectivity index (χ0v) is 19.3. The Kier molecular flexibility index (Phi) is 6.30. The van der Waals surface area contributed by atoms with Crippen LogP contribution in [0.1, 0.15) is 26.2 Å². The molecular formula is C26H31N5O2. The summed E-state index contributed by atoms with van der Waals surface area (Å²) in [7, 11) is 1.67. The Bertz CT molecular complexity index is 1230. The summed E-state index contributed by atoms with van der Waals surface area (Å²) in [6.07, 6.45) is 7.11. The number of aromatic nitrogens is 3. The van der Waals surface area contributed by atoms with Crippen molar-refractivity contribution in [3.8, 4) is 11.5 Å². The Hall–Kier alpha value is -3.32. The van der Waals surface area contributed by atoms with Gasteiger partial charge in [-0.05, 0) is 67.9 Å². The number of anilines is 2. The number of hydrogen-bond acceptors (Lipinski definition) is 6. The van der Waals surface area contributed by atoms with Crippen LogP contribution in [0.4, 0.5) is 11.5 Å². The summed E-state index contributed by atoms with van der Waals surface area (Å²) in [5.41, 5.74) is 2.84. The molecule has 2 aromatic heterocycles. The quantitative estimate of drug-likeness (QED) is 0.356. The van der Waals surface area contributed by atoms with Crippen LogP contribution in [0.15, 0.2) is 48.9 Å². The average Bonchev–Trinajstić information content (AvgIpc) is 3.30. The van der Waals surface area contributed by atoms with E-state index in [2.05, 4.69) is 50.3 Å². The van der Waals surface area contributed by atoms with Crippen LogP contribution in [0.5, 0.6) is 11.5 Å². The van der Waals surface area contributed by atoms with Gasteiger partial charge >= 0.3 is 0 Å². The van der Waals surface area contributed by atoms with E-state index < -0.39 is 0 Å². The van der Waals surface area contributed by atoms with Gasteiger partial charge in [-0.3, -0.25) is 0 Å². The molecule has 7 nitrogen and oxygen atoms in total. The van der Waals surface area contributed by atoms with Gasteiger partial charge in [0.05, 0.1) is 19.2 Å². The monoisotopic (exact) mass is 445 g/mol. The van der Waals surface area contributed by atoms with Gasteiger partial charge in [-0.2, -0.15) is 0 Å². The van der Waals surface area contributed by atoms with Gasteiger partial charge in [0.15, 0.2) is 11.5 Å². The van der Waals surface area contributed by atoms with Crippen molar-refractivity contribution in [2.45, 2.75) is 26.2 Å². The van der Waals surface area contributed by atoms with E-state index in [4.69, 9.17) is 9.47 Å². The maximum atomic E-state index is 6.11. The molecule has 0 atom stereocenters. The average molecular weight is 446 g/mol. The number of likely N-dealkylation sites (tertiary alicyclic amines) is 1. The van der Waals surface area contributed by atoms with Gasteiger partial charge in [0.1, 0.15) is 12.1 Å². The summed E-state index contributed by atoms with van der Waals surface area (Å²) in [5.74, 6) is 2.99. The Labute approximate surface area is 194 Å². The molecule has 4 aromatic rings. The first-order chi connectivity index (χ1) is 16.2. The number of hydrogen-bond donors (Lipinski definition) is 2. The first-order valence-electron chi connectivity index (χ1n) is 11.7. The van der Waals surface area contributed by atoms with E-state index in [1.54, 1.807) is 13.4 Å². The highest BCUT2D eigenvalue weighted by Gasteiger charge is 2.16. The van der Waals surface area contributed by atoms with Gasteiger partial charge < -0.3 is 24.7 Å². The molecule has 2 aromatic carbocycles. The molecule has 3 heterocycles. The second kappa shape index (κ2) is 9.67. The lowest BCUT2D eigenvalue weighted by Gasteiger charge is -2.30. The van der Waals surface area contributed by atoms with Crippen LogP contribution in [0.2, 0.25) is 0 Å². The van der Waals surface area contributed by atoms with E-state index in [-0.39, 0.29) is 0 Å². The van der Waals surface area contributed by atoms with Crippen LogP contribution < -0.4 is 14.8 Å². The van der Waals surface area contributed by atoms with Crippen LogP contribution in [0, 0.1) is 5.92 Å². The van der Waals surface area contributed by atoms with Gasteiger partial charge in [0, 0.05) is 35.4 Å². The molecular weight excluding hydrogens is 414 g/mol. The largest absolute Gasteiger partial charge is 0.493 e. The van der Waals surface area contributed by atoms with Crippen LogP contribution in [-0.2, 0) is 0 Å². The fourth-order valence-electron chi connectivity index (χ4n) is 4.45. The smallest absolute Gasteiger partial charge is 0.163 e. The van der Waals surface area contributed by atoms with Crippen molar-refractivity contribution >= 4 is 33.3 Å². The molecule has 2 N–H and O–H groups in total. The molecule has 1 aliphatic rings. The minimum atomic E-state index is 0.653. The van der Waals surface area contributed by atoms with E-state index in [1.807, 2.05) is 24.4 Å². The maximum Gasteiger partial charge on any atom is 0.163 e. The fraction of sp³-hybridized carbons (Fsp3) is 0.385. The first-order valence-corrected chi connectivity index (χ1v) is 11.7. The predicted molar refractivity (Wildman–Crippen MR) is 133 cm³/mol. The topological polar surface area (TPSA) is 75.3 Å². The molecule has 0 amide bonds. The zero-order chi connectivity index (χ0) is 22.6. The zero-order valence-electron chi connectivity index (χ0n) is 19.3. The van der Waals surface area contributed by atoms with Crippen LogP contribution >= 0.6 is 0 Å². The van der Waals surface area contributed by atoms with Gasteiger partial charge in [0.2, 0.25) is 0 Å².